The molecule has 0 spiro atoms. The van der Waals surface area contributed by atoms with E-state index in [1.807, 2.05) is 0 Å². The molecule has 0 saturated heterocycles. The predicted molar refractivity (Wildman–Crippen MR) is 58.0 cm³/mol. The molecule has 0 fully saturated rings. The molecule has 1 rings (SSSR count). The number of amides is 1. The normalized spacial score (nSPS) is 11.0. The van der Waals surface area contributed by atoms with Crippen LogP contribution in [0.2, 0.25) is 0 Å². The maximum atomic E-state index is 12.5. The summed E-state index contributed by atoms with van der Waals surface area (Å²) in [6.07, 6.45) is -3.48. The Morgan fingerprint density at radius 1 is 1.44 bits per heavy atom. The van der Waals surface area contributed by atoms with Gasteiger partial charge >= 0.3 is 6.18 Å². The molecular weight excluding hydrogens is 287 g/mol. The molecule has 1 N–H and O–H groups in total. The molecule has 0 saturated carbocycles. The zero-order valence-electron chi connectivity index (χ0n) is 7.94. The monoisotopic (exact) mass is 293 g/mol. The molecule has 0 unspecified atom stereocenters. The van der Waals surface area contributed by atoms with Crippen molar-refractivity contribution < 1.29 is 18.0 Å². The molecule has 0 radical (unpaired) electrons. The number of benzene rings is 1. The van der Waals surface area contributed by atoms with Crippen molar-refractivity contribution in [2.75, 3.05) is 5.32 Å². The van der Waals surface area contributed by atoms with Gasteiger partial charge < -0.3 is 5.32 Å². The van der Waals surface area contributed by atoms with Crippen molar-refractivity contribution in [1.82, 2.24) is 0 Å². The van der Waals surface area contributed by atoms with Gasteiger partial charge in [0.25, 0.3) is 0 Å². The highest BCUT2D eigenvalue weighted by Gasteiger charge is 2.33. The van der Waals surface area contributed by atoms with Crippen LogP contribution in [0.5, 0.6) is 0 Å². The Labute approximate surface area is 98.3 Å². The quantitative estimate of drug-likeness (QED) is 0.830. The van der Waals surface area contributed by atoms with Gasteiger partial charge in [-0.1, -0.05) is 22.5 Å². The molecule has 1 aromatic rings. The number of halogens is 4. The molecule has 86 valence electrons. The molecule has 0 aliphatic heterocycles. The van der Waals surface area contributed by atoms with Crippen molar-refractivity contribution in [1.29, 1.82) is 0 Å². The third-order valence-corrected chi connectivity index (χ3v) is 2.42. The topological polar surface area (TPSA) is 29.1 Å². The molecule has 1 amide bonds. The van der Waals surface area contributed by atoms with Crippen molar-refractivity contribution in [3.05, 3.63) is 40.9 Å². The molecule has 0 heterocycles. The van der Waals surface area contributed by atoms with E-state index < -0.39 is 17.6 Å². The first-order valence-electron chi connectivity index (χ1n) is 4.15. The van der Waals surface area contributed by atoms with Gasteiger partial charge in [-0.2, -0.15) is 13.2 Å². The average Bonchev–Trinajstić information content (AvgIpc) is 2.19. The van der Waals surface area contributed by atoms with Crippen LogP contribution in [-0.2, 0) is 11.0 Å². The Bertz CT molecular complexity index is 429. The number of alkyl halides is 3. The lowest BCUT2D eigenvalue weighted by Crippen LogP contribution is -2.10. The van der Waals surface area contributed by atoms with Crippen LogP contribution in [0.3, 0.4) is 0 Å². The fraction of sp³-hybridized carbons (Fsp3) is 0.100. The van der Waals surface area contributed by atoms with Gasteiger partial charge in [-0.25, -0.2) is 0 Å². The Hall–Kier alpha value is -1.30. The molecule has 0 aromatic heterocycles. The SMILES string of the molecule is C=CC(=O)Nc1ccc(Br)c(C(F)(F)F)c1. The predicted octanol–water partition coefficient (Wildman–Crippen LogP) is 3.59. The molecule has 0 atom stereocenters. The highest BCUT2D eigenvalue weighted by atomic mass is 79.9. The van der Waals surface area contributed by atoms with Crippen LogP contribution < -0.4 is 5.32 Å². The standard InChI is InChI=1S/C10H7BrF3NO/c1-2-9(16)15-6-3-4-8(11)7(5-6)10(12,13)14/h2-5H,1H2,(H,15,16). The average molecular weight is 294 g/mol. The lowest BCUT2D eigenvalue weighted by atomic mass is 10.2. The summed E-state index contributed by atoms with van der Waals surface area (Å²) in [6.45, 7) is 3.20. The first-order valence-corrected chi connectivity index (χ1v) is 4.94. The van der Waals surface area contributed by atoms with Crippen LogP contribution in [0.1, 0.15) is 5.56 Å². The Morgan fingerprint density at radius 2 is 2.06 bits per heavy atom. The van der Waals surface area contributed by atoms with Gasteiger partial charge in [0.15, 0.2) is 0 Å². The second-order valence-electron chi connectivity index (χ2n) is 2.89. The summed E-state index contributed by atoms with van der Waals surface area (Å²) >= 11 is 2.80. The van der Waals surface area contributed by atoms with Crippen LogP contribution in [0, 0.1) is 0 Å². The van der Waals surface area contributed by atoms with Gasteiger partial charge in [-0.05, 0) is 24.3 Å². The van der Waals surface area contributed by atoms with E-state index in [0.29, 0.717) is 0 Å². The van der Waals surface area contributed by atoms with Gasteiger partial charge in [0.05, 0.1) is 5.56 Å². The van der Waals surface area contributed by atoms with Crippen LogP contribution in [0.4, 0.5) is 18.9 Å². The van der Waals surface area contributed by atoms with E-state index in [1.54, 1.807) is 0 Å². The number of carbonyl (C=O) groups is 1. The van der Waals surface area contributed by atoms with Gasteiger partial charge in [0.2, 0.25) is 5.91 Å². The third-order valence-electron chi connectivity index (χ3n) is 1.72. The maximum absolute atomic E-state index is 12.5. The minimum absolute atomic E-state index is 0.0698. The van der Waals surface area contributed by atoms with Crippen molar-refractivity contribution in [2.45, 2.75) is 6.18 Å². The Balaban J connectivity index is 3.08. The minimum Gasteiger partial charge on any atom is -0.323 e. The molecule has 1 aromatic carbocycles. The molecule has 6 heteroatoms. The first-order chi connectivity index (χ1) is 7.34. The van der Waals surface area contributed by atoms with Gasteiger partial charge in [-0.3, -0.25) is 4.79 Å². The lowest BCUT2D eigenvalue weighted by molar-refractivity contribution is -0.138. The highest BCUT2D eigenvalue weighted by molar-refractivity contribution is 9.10. The molecule has 16 heavy (non-hydrogen) atoms. The number of anilines is 1. The van der Waals surface area contributed by atoms with E-state index in [4.69, 9.17) is 0 Å². The van der Waals surface area contributed by atoms with Crippen molar-refractivity contribution >= 4 is 27.5 Å². The zero-order valence-corrected chi connectivity index (χ0v) is 9.52. The number of rotatable bonds is 2. The van der Waals surface area contributed by atoms with Crippen molar-refractivity contribution in [2.24, 2.45) is 0 Å². The van der Waals surface area contributed by atoms with Crippen LogP contribution in [-0.4, -0.2) is 5.91 Å². The van der Waals surface area contributed by atoms with Crippen molar-refractivity contribution in [3.8, 4) is 0 Å². The summed E-state index contributed by atoms with van der Waals surface area (Å²) in [7, 11) is 0. The van der Waals surface area contributed by atoms with Crippen LogP contribution in [0.25, 0.3) is 0 Å². The summed E-state index contributed by atoms with van der Waals surface area (Å²) < 4.78 is 37.4. The van der Waals surface area contributed by atoms with Gasteiger partial charge in [-0.15, -0.1) is 0 Å². The second-order valence-corrected chi connectivity index (χ2v) is 3.74. The summed E-state index contributed by atoms with van der Waals surface area (Å²) in [4.78, 5) is 10.9. The first kappa shape index (κ1) is 12.8. The van der Waals surface area contributed by atoms with Gasteiger partial charge in [0.1, 0.15) is 0 Å². The summed E-state index contributed by atoms with van der Waals surface area (Å²) in [6, 6.07) is 3.44. The Kier molecular flexibility index (Phi) is 3.74. The summed E-state index contributed by atoms with van der Waals surface area (Å²) in [5.41, 5.74) is -0.769. The number of nitrogens with one attached hydrogen (secondary N) is 1. The number of hydrogen-bond acceptors (Lipinski definition) is 1. The van der Waals surface area contributed by atoms with E-state index in [1.165, 1.54) is 12.1 Å². The van der Waals surface area contributed by atoms with Crippen LogP contribution >= 0.6 is 15.9 Å². The second kappa shape index (κ2) is 4.69. The summed E-state index contributed by atoms with van der Waals surface area (Å²) in [5, 5.41) is 2.25. The molecule has 2 nitrogen and oxygen atoms in total. The van der Waals surface area contributed by atoms with Gasteiger partial charge in [0, 0.05) is 10.2 Å². The maximum Gasteiger partial charge on any atom is 0.417 e. The fourth-order valence-electron chi connectivity index (χ4n) is 1.01. The molecule has 0 aliphatic carbocycles. The molecular formula is C10H7BrF3NO. The highest BCUT2D eigenvalue weighted by Crippen LogP contribution is 2.36. The number of carbonyl (C=O) groups excluding carboxylic acids is 1. The summed E-state index contributed by atoms with van der Waals surface area (Å²) in [5.74, 6) is -0.560. The fourth-order valence-corrected chi connectivity index (χ4v) is 1.48. The Morgan fingerprint density at radius 3 is 2.56 bits per heavy atom. The lowest BCUT2D eigenvalue weighted by Gasteiger charge is -2.11. The molecule has 0 aliphatic rings. The zero-order chi connectivity index (χ0) is 12.3. The van der Waals surface area contributed by atoms with Crippen LogP contribution in [0.15, 0.2) is 35.3 Å². The number of hydrogen-bond donors (Lipinski definition) is 1. The third kappa shape index (κ3) is 3.10. The van der Waals surface area contributed by atoms with E-state index in [9.17, 15) is 18.0 Å². The van der Waals surface area contributed by atoms with Crippen molar-refractivity contribution in [3.63, 3.8) is 0 Å². The minimum atomic E-state index is -4.46. The smallest absolute Gasteiger partial charge is 0.323 e. The van der Waals surface area contributed by atoms with E-state index in [2.05, 4.69) is 27.8 Å². The largest absolute Gasteiger partial charge is 0.417 e. The van der Waals surface area contributed by atoms with E-state index >= 15 is 0 Å². The van der Waals surface area contributed by atoms with E-state index in [-0.39, 0.29) is 10.2 Å². The van der Waals surface area contributed by atoms with E-state index in [0.717, 1.165) is 12.1 Å². The molecule has 0 bridgehead atoms.